The minimum Gasteiger partial charge on any atom is -0.460 e. The highest BCUT2D eigenvalue weighted by atomic mass is 16.6. The number of ether oxygens (including phenoxy) is 1. The predicted molar refractivity (Wildman–Crippen MR) is 64.5 cm³/mol. The van der Waals surface area contributed by atoms with Crippen molar-refractivity contribution in [3.63, 3.8) is 0 Å². The van der Waals surface area contributed by atoms with E-state index in [0.717, 1.165) is 0 Å². The summed E-state index contributed by atoms with van der Waals surface area (Å²) in [4.78, 5) is 22.8. The van der Waals surface area contributed by atoms with Gasteiger partial charge in [0.2, 0.25) is 5.91 Å². The van der Waals surface area contributed by atoms with E-state index in [1.165, 1.54) is 0 Å². The molecular formula is C13H17NO3. The van der Waals surface area contributed by atoms with Crippen molar-refractivity contribution in [1.82, 2.24) is 0 Å². The molecule has 2 N–H and O–H groups in total. The number of rotatable bonds is 3. The van der Waals surface area contributed by atoms with Gasteiger partial charge in [-0.25, -0.2) is 0 Å². The van der Waals surface area contributed by atoms with Crippen LogP contribution in [0.4, 0.5) is 0 Å². The van der Waals surface area contributed by atoms with Crippen molar-refractivity contribution < 1.29 is 14.3 Å². The Labute approximate surface area is 101 Å². The van der Waals surface area contributed by atoms with Gasteiger partial charge in [0.25, 0.3) is 0 Å². The summed E-state index contributed by atoms with van der Waals surface area (Å²) < 4.78 is 5.19. The lowest BCUT2D eigenvalue weighted by Crippen LogP contribution is -2.25. The zero-order valence-corrected chi connectivity index (χ0v) is 10.3. The molecular weight excluding hydrogens is 218 g/mol. The number of amides is 1. The summed E-state index contributed by atoms with van der Waals surface area (Å²) in [6.45, 7) is 5.39. The van der Waals surface area contributed by atoms with Crippen LogP contribution in [0, 0.1) is 0 Å². The molecule has 1 aromatic carbocycles. The molecule has 0 bridgehead atoms. The molecule has 17 heavy (non-hydrogen) atoms. The van der Waals surface area contributed by atoms with Crippen molar-refractivity contribution in [2.24, 2.45) is 5.73 Å². The second kappa shape index (κ2) is 4.99. The number of hydrogen-bond donors (Lipinski definition) is 1. The van der Waals surface area contributed by atoms with Crippen LogP contribution in [-0.2, 0) is 16.0 Å². The Morgan fingerprint density at radius 2 is 1.82 bits per heavy atom. The number of hydrogen-bond acceptors (Lipinski definition) is 3. The van der Waals surface area contributed by atoms with E-state index in [1.54, 1.807) is 45.0 Å². The van der Waals surface area contributed by atoms with Crippen LogP contribution in [0.25, 0.3) is 0 Å². The van der Waals surface area contributed by atoms with Gasteiger partial charge >= 0.3 is 5.97 Å². The first-order chi connectivity index (χ1) is 7.79. The smallest absolute Gasteiger partial charge is 0.310 e. The van der Waals surface area contributed by atoms with E-state index in [1.807, 2.05) is 0 Å². The fourth-order valence-corrected chi connectivity index (χ4v) is 1.45. The number of esters is 1. The fraction of sp³-hybridized carbons (Fsp3) is 0.385. The third-order valence-electron chi connectivity index (χ3n) is 2.04. The van der Waals surface area contributed by atoms with E-state index >= 15 is 0 Å². The number of nitrogens with two attached hydrogens (primary N) is 1. The lowest BCUT2D eigenvalue weighted by molar-refractivity contribution is -0.153. The van der Waals surface area contributed by atoms with Gasteiger partial charge in [-0.2, -0.15) is 0 Å². The summed E-state index contributed by atoms with van der Waals surface area (Å²) in [5.74, 6) is -0.907. The van der Waals surface area contributed by atoms with Gasteiger partial charge in [0.15, 0.2) is 0 Å². The van der Waals surface area contributed by atoms with Crippen molar-refractivity contribution in [2.45, 2.75) is 32.8 Å². The summed E-state index contributed by atoms with van der Waals surface area (Å²) >= 11 is 0. The Kier molecular flexibility index (Phi) is 3.89. The zero-order chi connectivity index (χ0) is 13.1. The number of carbonyl (C=O) groups is 2. The molecule has 0 fully saturated rings. The molecule has 0 spiro atoms. The molecule has 0 unspecified atom stereocenters. The average Bonchev–Trinajstić information content (AvgIpc) is 2.14. The van der Waals surface area contributed by atoms with Gasteiger partial charge < -0.3 is 10.5 Å². The number of carbonyl (C=O) groups excluding carboxylic acids is 2. The Morgan fingerprint density at radius 3 is 2.35 bits per heavy atom. The lowest BCUT2D eigenvalue weighted by atomic mass is 10.0. The summed E-state index contributed by atoms with van der Waals surface area (Å²) in [5.41, 5.74) is 5.65. The minimum absolute atomic E-state index is 0.0520. The highest BCUT2D eigenvalue weighted by Crippen LogP contribution is 2.13. The van der Waals surface area contributed by atoms with Gasteiger partial charge in [0.1, 0.15) is 5.60 Å². The van der Waals surface area contributed by atoms with Crippen LogP contribution < -0.4 is 5.73 Å². The van der Waals surface area contributed by atoms with Gasteiger partial charge in [0.05, 0.1) is 6.42 Å². The predicted octanol–water partition coefficient (Wildman–Crippen LogP) is 1.67. The van der Waals surface area contributed by atoms with Crippen molar-refractivity contribution >= 4 is 11.9 Å². The van der Waals surface area contributed by atoms with E-state index in [-0.39, 0.29) is 12.4 Å². The van der Waals surface area contributed by atoms with Crippen LogP contribution in [0.3, 0.4) is 0 Å². The molecule has 1 rings (SSSR count). The maximum atomic E-state index is 11.6. The topological polar surface area (TPSA) is 69.4 Å². The molecule has 0 aliphatic carbocycles. The first-order valence-electron chi connectivity index (χ1n) is 5.39. The van der Waals surface area contributed by atoms with Gasteiger partial charge in [-0.15, -0.1) is 0 Å². The molecule has 1 amide bonds. The number of primary amides is 1. The molecule has 0 radical (unpaired) electrons. The average molecular weight is 235 g/mol. The van der Waals surface area contributed by atoms with Crippen molar-refractivity contribution in [3.8, 4) is 0 Å². The normalized spacial score (nSPS) is 11.0. The summed E-state index contributed by atoms with van der Waals surface area (Å²) in [5, 5.41) is 0. The molecule has 0 atom stereocenters. The molecule has 0 heterocycles. The molecule has 1 aromatic rings. The quantitative estimate of drug-likeness (QED) is 0.810. The second-order valence-corrected chi connectivity index (χ2v) is 4.78. The Morgan fingerprint density at radius 1 is 1.24 bits per heavy atom. The largest absolute Gasteiger partial charge is 0.460 e. The van der Waals surface area contributed by atoms with Crippen molar-refractivity contribution in [3.05, 3.63) is 35.4 Å². The van der Waals surface area contributed by atoms with Crippen LogP contribution in [0.5, 0.6) is 0 Å². The fourth-order valence-electron chi connectivity index (χ4n) is 1.45. The second-order valence-electron chi connectivity index (χ2n) is 4.78. The first kappa shape index (κ1) is 13.2. The molecule has 4 heteroatoms. The van der Waals surface area contributed by atoms with E-state index < -0.39 is 11.5 Å². The van der Waals surface area contributed by atoms with Crippen LogP contribution in [-0.4, -0.2) is 17.5 Å². The molecule has 4 nitrogen and oxygen atoms in total. The van der Waals surface area contributed by atoms with Crippen molar-refractivity contribution in [2.75, 3.05) is 0 Å². The van der Waals surface area contributed by atoms with Gasteiger partial charge in [-0.1, -0.05) is 18.2 Å². The Balaban J connectivity index is 2.82. The van der Waals surface area contributed by atoms with E-state index in [2.05, 4.69) is 0 Å². The highest BCUT2D eigenvalue weighted by Gasteiger charge is 2.18. The standard InChI is InChI=1S/C13H17NO3/c1-13(2,3)17-11(15)8-9-6-4-5-7-10(9)12(14)16/h4-7H,8H2,1-3H3,(H2,14,16). The van der Waals surface area contributed by atoms with Crippen LogP contribution in [0.15, 0.2) is 24.3 Å². The molecule has 92 valence electrons. The van der Waals surface area contributed by atoms with Gasteiger partial charge in [0, 0.05) is 5.56 Å². The van der Waals surface area contributed by atoms with Gasteiger partial charge in [-0.05, 0) is 32.4 Å². The highest BCUT2D eigenvalue weighted by molar-refractivity contribution is 5.95. The molecule has 0 saturated carbocycles. The van der Waals surface area contributed by atoms with Crippen LogP contribution in [0.2, 0.25) is 0 Å². The Hall–Kier alpha value is -1.84. The molecule has 0 saturated heterocycles. The zero-order valence-electron chi connectivity index (χ0n) is 10.3. The molecule has 0 aromatic heterocycles. The summed E-state index contributed by atoms with van der Waals surface area (Å²) in [6, 6.07) is 6.76. The van der Waals surface area contributed by atoms with Gasteiger partial charge in [-0.3, -0.25) is 9.59 Å². The van der Waals surface area contributed by atoms with Crippen LogP contribution in [0.1, 0.15) is 36.7 Å². The minimum atomic E-state index is -0.538. The SMILES string of the molecule is CC(C)(C)OC(=O)Cc1ccccc1C(N)=O. The molecule has 0 aliphatic rings. The van der Waals surface area contributed by atoms with Crippen LogP contribution >= 0.6 is 0 Å². The van der Waals surface area contributed by atoms with E-state index in [9.17, 15) is 9.59 Å². The number of benzene rings is 1. The Bertz CT molecular complexity index is 433. The monoisotopic (exact) mass is 235 g/mol. The van der Waals surface area contributed by atoms with Crippen molar-refractivity contribution in [1.29, 1.82) is 0 Å². The maximum Gasteiger partial charge on any atom is 0.310 e. The lowest BCUT2D eigenvalue weighted by Gasteiger charge is -2.19. The van der Waals surface area contributed by atoms with E-state index in [0.29, 0.717) is 11.1 Å². The molecule has 0 aliphatic heterocycles. The summed E-state index contributed by atoms with van der Waals surface area (Å²) in [6.07, 6.45) is 0.0520. The van der Waals surface area contributed by atoms with E-state index in [4.69, 9.17) is 10.5 Å². The third-order valence-corrected chi connectivity index (χ3v) is 2.04. The maximum absolute atomic E-state index is 11.6. The first-order valence-corrected chi connectivity index (χ1v) is 5.39. The summed E-state index contributed by atoms with van der Waals surface area (Å²) in [7, 11) is 0. The third kappa shape index (κ3) is 4.26.